The molecule has 0 unspecified atom stereocenters. The number of carbonyl (C=O) groups is 3. The van der Waals surface area contributed by atoms with E-state index in [0.717, 1.165) is 23.4 Å². The van der Waals surface area contributed by atoms with Crippen LogP contribution in [0.25, 0.3) is 17.0 Å². The molecule has 12 heteroatoms. The van der Waals surface area contributed by atoms with Crippen molar-refractivity contribution in [3.63, 3.8) is 0 Å². The van der Waals surface area contributed by atoms with Crippen molar-refractivity contribution in [2.24, 2.45) is 11.8 Å². The number of ether oxygens (including phenoxy) is 4. The number of pyridine rings is 1. The van der Waals surface area contributed by atoms with Crippen LogP contribution in [-0.2, 0) is 33.3 Å². The fraction of sp³-hybridized carbons (Fsp3) is 0.610. The molecule has 0 spiro atoms. The van der Waals surface area contributed by atoms with Gasteiger partial charge in [-0.05, 0) is 97.8 Å². The number of rotatable bonds is 8. The predicted octanol–water partition coefficient (Wildman–Crippen LogP) is 5.40. The van der Waals surface area contributed by atoms with Gasteiger partial charge in [0.1, 0.15) is 23.7 Å². The van der Waals surface area contributed by atoms with Crippen LogP contribution in [0.2, 0.25) is 0 Å². The first-order valence-corrected chi connectivity index (χ1v) is 18.4. The van der Waals surface area contributed by atoms with Crippen LogP contribution in [0.1, 0.15) is 80.2 Å². The molecule has 11 atom stereocenters. The number of ketones is 2. The van der Waals surface area contributed by atoms with Crippen LogP contribution in [0.4, 0.5) is 4.39 Å². The third kappa shape index (κ3) is 9.84. The second kappa shape index (κ2) is 17.0. The van der Waals surface area contributed by atoms with Gasteiger partial charge in [0.2, 0.25) is 0 Å². The van der Waals surface area contributed by atoms with Crippen molar-refractivity contribution in [1.29, 1.82) is 0 Å². The summed E-state index contributed by atoms with van der Waals surface area (Å²) in [5, 5.41) is 23.8. The molecular formula is C41H57FN2O9. The van der Waals surface area contributed by atoms with Crippen LogP contribution in [0, 0.1) is 11.8 Å². The second-order valence-electron chi connectivity index (χ2n) is 15.6. The average molecular weight is 741 g/mol. The first-order valence-electron chi connectivity index (χ1n) is 18.4. The summed E-state index contributed by atoms with van der Waals surface area (Å²) in [4.78, 5) is 48.0. The number of aromatic nitrogens is 1. The Morgan fingerprint density at radius 3 is 2.45 bits per heavy atom. The van der Waals surface area contributed by atoms with E-state index < -0.39 is 77.3 Å². The van der Waals surface area contributed by atoms with Gasteiger partial charge in [-0.25, -0.2) is 4.39 Å². The van der Waals surface area contributed by atoms with E-state index in [0.29, 0.717) is 6.42 Å². The maximum absolute atomic E-state index is 17.1. The highest BCUT2D eigenvalue weighted by Crippen LogP contribution is 2.40. The normalized spacial score (nSPS) is 37.8. The van der Waals surface area contributed by atoms with Crippen LogP contribution in [0.3, 0.4) is 0 Å². The zero-order chi connectivity index (χ0) is 39.5. The molecule has 3 heterocycles. The Balaban J connectivity index is 1.82. The monoisotopic (exact) mass is 740 g/mol. The van der Waals surface area contributed by atoms with E-state index in [1.165, 1.54) is 26.8 Å². The number of allylic oxidation sites excluding steroid dienone is 1. The van der Waals surface area contributed by atoms with Crippen LogP contribution in [0.5, 0.6) is 0 Å². The van der Waals surface area contributed by atoms with Gasteiger partial charge in [0.05, 0.1) is 29.9 Å². The number of alkyl halides is 1. The summed E-state index contributed by atoms with van der Waals surface area (Å²) in [5.74, 6) is -4.87. The van der Waals surface area contributed by atoms with Gasteiger partial charge in [0.25, 0.3) is 0 Å². The molecule has 2 aliphatic rings. The van der Waals surface area contributed by atoms with Crippen molar-refractivity contribution in [2.75, 3.05) is 20.7 Å². The fourth-order valence-electron chi connectivity index (χ4n) is 7.69. The molecule has 2 aliphatic heterocycles. The zero-order valence-corrected chi connectivity index (χ0v) is 32.7. The number of esters is 1. The summed E-state index contributed by atoms with van der Waals surface area (Å²) in [5.41, 5.74) is -4.63. The van der Waals surface area contributed by atoms with Gasteiger partial charge in [0, 0.05) is 30.0 Å². The number of aliphatic hydroxyl groups excluding tert-OH is 1. The number of halogens is 1. The van der Waals surface area contributed by atoms with Gasteiger partial charge in [-0.3, -0.25) is 19.4 Å². The Morgan fingerprint density at radius 2 is 1.79 bits per heavy atom. The number of para-hydroxylation sites is 1. The Labute approximate surface area is 312 Å². The molecular weight excluding hydrogens is 683 g/mol. The van der Waals surface area contributed by atoms with Crippen molar-refractivity contribution in [3.05, 3.63) is 59.8 Å². The highest BCUT2D eigenvalue weighted by atomic mass is 19.1. The quantitative estimate of drug-likeness (QED) is 0.265. The number of nitrogens with zero attached hydrogens (tertiary/aromatic N) is 2. The van der Waals surface area contributed by atoms with Gasteiger partial charge < -0.3 is 34.1 Å². The molecule has 0 aliphatic carbocycles. The molecule has 2 N–H and O–H groups in total. The highest BCUT2D eigenvalue weighted by Gasteiger charge is 2.53. The van der Waals surface area contributed by atoms with Gasteiger partial charge in [-0.1, -0.05) is 44.2 Å². The predicted molar refractivity (Wildman–Crippen MR) is 199 cm³/mol. The van der Waals surface area contributed by atoms with Crippen molar-refractivity contribution in [3.8, 4) is 0 Å². The van der Waals surface area contributed by atoms with Gasteiger partial charge in [-0.15, -0.1) is 0 Å². The molecule has 292 valence electrons. The fourth-order valence-corrected chi connectivity index (χ4v) is 7.69. The summed E-state index contributed by atoms with van der Waals surface area (Å²) in [6, 6.07) is 9.28. The largest absolute Gasteiger partial charge is 0.458 e. The number of aliphatic hydroxyl groups is 2. The van der Waals surface area contributed by atoms with Crippen molar-refractivity contribution in [1.82, 2.24) is 9.88 Å². The van der Waals surface area contributed by atoms with E-state index in [1.807, 2.05) is 56.3 Å². The molecule has 0 amide bonds. The lowest BCUT2D eigenvalue weighted by atomic mass is 9.75. The molecule has 1 fully saturated rings. The first kappa shape index (κ1) is 42.4. The van der Waals surface area contributed by atoms with E-state index in [2.05, 4.69) is 4.98 Å². The minimum absolute atomic E-state index is 0.0825. The van der Waals surface area contributed by atoms with Crippen molar-refractivity contribution >= 4 is 34.5 Å². The third-order valence-corrected chi connectivity index (χ3v) is 10.6. The summed E-state index contributed by atoms with van der Waals surface area (Å²) in [6.07, 6.45) is 1.23. The first-order chi connectivity index (χ1) is 24.7. The number of benzene rings is 1. The van der Waals surface area contributed by atoms with E-state index in [9.17, 15) is 24.6 Å². The molecule has 1 aromatic carbocycles. The van der Waals surface area contributed by atoms with E-state index in [1.54, 1.807) is 39.1 Å². The van der Waals surface area contributed by atoms with E-state index in [-0.39, 0.29) is 30.7 Å². The number of cyclic esters (lactones) is 1. The van der Waals surface area contributed by atoms with E-state index in [4.69, 9.17) is 18.9 Å². The molecule has 53 heavy (non-hydrogen) atoms. The summed E-state index contributed by atoms with van der Waals surface area (Å²) in [6.45, 7) is 11.8. The number of fused-ring (bicyclic) bond motifs is 1. The number of Topliss-reactive ketones (excluding diaryl/α,β-unsaturated/α-hetero) is 2. The molecule has 1 aromatic heterocycles. The zero-order valence-electron chi connectivity index (χ0n) is 32.7. The number of carbonyl (C=O) groups excluding carboxylic acids is 3. The Morgan fingerprint density at radius 1 is 1.11 bits per heavy atom. The van der Waals surface area contributed by atoms with Crippen LogP contribution in [-0.4, -0.2) is 112 Å². The lowest BCUT2D eigenvalue weighted by Gasteiger charge is -2.47. The van der Waals surface area contributed by atoms with Crippen LogP contribution in [0.15, 0.2) is 54.3 Å². The maximum atomic E-state index is 17.1. The molecule has 0 saturated carbocycles. The molecule has 0 radical (unpaired) electrons. The smallest absolute Gasteiger partial charge is 0.316 e. The SMILES string of the molecule is CC[C@H]1OC(=O)[C@H](C)C(=O)[C@H](C)[C@@H](O[C@@H]2O[C@H](C)C[C@H](N(C)C)[C@H]2O)[C@](C)(OC/C=C/c2cnc3ccccc3c2)C[C@](C)(F)C(=O)/C(C)=C/[C@]1(C)O. The van der Waals surface area contributed by atoms with Gasteiger partial charge in [-0.2, -0.15) is 0 Å². The topological polar surface area (TPSA) is 145 Å². The lowest BCUT2D eigenvalue weighted by molar-refractivity contribution is -0.297. The average Bonchev–Trinajstić information content (AvgIpc) is 3.09. The standard InChI is InChI=1S/C41H57FN2O9/c1-11-32-40(7,49)21-24(2)35(47)39(6,42)23-41(8,50-18-14-15-28-20-29-16-12-13-17-30(29)43-22-28)36(26(4)33(45)27(5)37(48)52-32)53-38-34(46)31(44(9)10)19-25(3)51-38/h12-17,20-22,25-27,31-32,34,36,38,46,49H,11,18-19,23H2,1-10H3/b15-14+,24-21+/t25-,26+,27-,31+,32-,34-,36-,38+,39+,40+,41-/m1/s1. The summed E-state index contributed by atoms with van der Waals surface area (Å²) in [7, 11) is 3.65. The molecule has 2 aromatic rings. The van der Waals surface area contributed by atoms with Gasteiger partial charge in [0.15, 0.2) is 23.5 Å². The van der Waals surface area contributed by atoms with E-state index >= 15 is 4.39 Å². The Kier molecular flexibility index (Phi) is 13.6. The lowest BCUT2D eigenvalue weighted by Crippen LogP contribution is -2.60. The molecule has 11 nitrogen and oxygen atoms in total. The Hall–Kier alpha value is -3.39. The van der Waals surface area contributed by atoms with Crippen LogP contribution < -0.4 is 0 Å². The maximum Gasteiger partial charge on any atom is 0.316 e. The molecule has 1 saturated heterocycles. The van der Waals surface area contributed by atoms with Crippen LogP contribution >= 0.6 is 0 Å². The number of hydrogen-bond donors (Lipinski definition) is 2. The minimum Gasteiger partial charge on any atom is -0.458 e. The Bertz CT molecular complexity index is 1690. The summed E-state index contributed by atoms with van der Waals surface area (Å²) < 4.78 is 41.9. The van der Waals surface area contributed by atoms with Crippen molar-refractivity contribution in [2.45, 2.75) is 128 Å². The molecule has 4 rings (SSSR count). The second-order valence-corrected chi connectivity index (χ2v) is 15.6. The highest BCUT2D eigenvalue weighted by molar-refractivity contribution is 6.02. The van der Waals surface area contributed by atoms with Crippen molar-refractivity contribution < 1.29 is 47.9 Å². The third-order valence-electron chi connectivity index (χ3n) is 10.6. The summed E-state index contributed by atoms with van der Waals surface area (Å²) >= 11 is 0. The number of hydrogen-bond acceptors (Lipinski definition) is 11. The number of likely N-dealkylation sites (N-methyl/N-ethyl adjacent to an activating group) is 1. The molecule has 0 bridgehead atoms. The van der Waals surface area contributed by atoms with Gasteiger partial charge >= 0.3 is 5.97 Å². The minimum atomic E-state index is -2.60.